The molecule has 0 bridgehead atoms. The minimum absolute atomic E-state index is 0.424. The van der Waals surface area contributed by atoms with Crippen LogP contribution in [0.2, 0.25) is 0 Å². The summed E-state index contributed by atoms with van der Waals surface area (Å²) in [7, 11) is 0. The molecule has 0 amide bonds. The number of aromatic nitrogens is 1. The number of rotatable bonds is 1. The SMILES string of the molecule is FCc1ccc2sc(=S)[nH]c2c1. The normalized spacial score (nSPS) is 10.8. The van der Waals surface area contributed by atoms with Crippen molar-refractivity contribution in [2.45, 2.75) is 6.67 Å². The molecule has 1 nitrogen and oxygen atoms in total. The largest absolute Gasteiger partial charge is 0.337 e. The standard InChI is InChI=1S/C8H6FNS2/c9-4-5-1-2-7-6(3-5)10-8(11)12-7/h1-3H,4H2,(H,10,11). The van der Waals surface area contributed by atoms with Gasteiger partial charge in [-0.2, -0.15) is 0 Å². The zero-order chi connectivity index (χ0) is 8.55. The Bertz CT molecular complexity index is 457. The summed E-state index contributed by atoms with van der Waals surface area (Å²) in [5.41, 5.74) is 1.62. The van der Waals surface area contributed by atoms with Crippen LogP contribution in [0.15, 0.2) is 18.2 Å². The van der Waals surface area contributed by atoms with Gasteiger partial charge in [0.2, 0.25) is 0 Å². The summed E-state index contributed by atoms with van der Waals surface area (Å²) in [6.45, 7) is -0.424. The van der Waals surface area contributed by atoms with E-state index in [1.54, 1.807) is 12.1 Å². The second-order valence-corrected chi connectivity index (χ2v) is 4.20. The average Bonchev–Trinajstić information content (AvgIpc) is 2.43. The minimum atomic E-state index is -0.424. The third-order valence-electron chi connectivity index (χ3n) is 1.64. The fourth-order valence-electron chi connectivity index (χ4n) is 1.08. The molecule has 1 aromatic carbocycles. The molecule has 0 saturated carbocycles. The summed E-state index contributed by atoms with van der Waals surface area (Å²) in [5.74, 6) is 0. The fraction of sp³-hybridized carbons (Fsp3) is 0.125. The zero-order valence-electron chi connectivity index (χ0n) is 6.13. The first-order chi connectivity index (χ1) is 5.79. The Morgan fingerprint density at radius 1 is 1.50 bits per heavy atom. The molecule has 0 fully saturated rings. The van der Waals surface area contributed by atoms with Crippen molar-refractivity contribution in [2.75, 3.05) is 0 Å². The van der Waals surface area contributed by atoms with Crippen LogP contribution in [-0.2, 0) is 6.67 Å². The Kier molecular flexibility index (Phi) is 1.94. The number of thiazole rings is 1. The monoisotopic (exact) mass is 199 g/mol. The van der Waals surface area contributed by atoms with E-state index in [-0.39, 0.29) is 0 Å². The molecule has 12 heavy (non-hydrogen) atoms. The van der Waals surface area contributed by atoms with Gasteiger partial charge in [-0.1, -0.05) is 6.07 Å². The highest BCUT2D eigenvalue weighted by atomic mass is 32.1. The second kappa shape index (κ2) is 2.95. The highest BCUT2D eigenvalue weighted by Crippen LogP contribution is 2.20. The van der Waals surface area contributed by atoms with Gasteiger partial charge in [0.25, 0.3) is 0 Å². The number of H-pyrrole nitrogens is 1. The first kappa shape index (κ1) is 7.89. The van der Waals surface area contributed by atoms with E-state index in [1.165, 1.54) is 11.3 Å². The van der Waals surface area contributed by atoms with Crippen LogP contribution in [0.25, 0.3) is 10.2 Å². The quantitative estimate of drug-likeness (QED) is 0.696. The number of benzene rings is 1. The van der Waals surface area contributed by atoms with E-state index in [1.807, 2.05) is 6.07 Å². The Hall–Kier alpha value is -0.740. The topological polar surface area (TPSA) is 15.8 Å². The Balaban J connectivity index is 2.74. The number of alkyl halides is 1. The van der Waals surface area contributed by atoms with Gasteiger partial charge in [0.1, 0.15) is 6.67 Å². The summed E-state index contributed by atoms with van der Waals surface area (Å²) in [5, 5.41) is 0. The van der Waals surface area contributed by atoms with Crippen LogP contribution >= 0.6 is 23.6 Å². The lowest BCUT2D eigenvalue weighted by Gasteiger charge is -1.92. The van der Waals surface area contributed by atoms with E-state index in [2.05, 4.69) is 4.98 Å². The Morgan fingerprint density at radius 3 is 3.08 bits per heavy atom. The van der Waals surface area contributed by atoms with Crippen molar-refractivity contribution < 1.29 is 4.39 Å². The van der Waals surface area contributed by atoms with Crippen molar-refractivity contribution >= 4 is 33.8 Å². The average molecular weight is 199 g/mol. The summed E-state index contributed by atoms with van der Waals surface area (Å²) in [6.07, 6.45) is 0. The number of nitrogens with one attached hydrogen (secondary N) is 1. The van der Waals surface area contributed by atoms with E-state index < -0.39 is 6.67 Å². The minimum Gasteiger partial charge on any atom is -0.337 e. The predicted octanol–water partition coefficient (Wildman–Crippen LogP) is 3.43. The molecule has 62 valence electrons. The van der Waals surface area contributed by atoms with Crippen LogP contribution in [0.1, 0.15) is 5.56 Å². The first-order valence-corrected chi connectivity index (χ1v) is 4.70. The molecule has 0 radical (unpaired) electrons. The van der Waals surface area contributed by atoms with Gasteiger partial charge in [0.05, 0.1) is 10.2 Å². The molecule has 4 heteroatoms. The molecule has 1 aromatic heterocycles. The van der Waals surface area contributed by atoms with Crippen molar-refractivity contribution in [1.82, 2.24) is 4.98 Å². The van der Waals surface area contributed by atoms with E-state index in [0.29, 0.717) is 5.56 Å². The Morgan fingerprint density at radius 2 is 2.33 bits per heavy atom. The molecule has 1 N–H and O–H groups in total. The number of fused-ring (bicyclic) bond motifs is 1. The lowest BCUT2D eigenvalue weighted by Crippen LogP contribution is -1.76. The van der Waals surface area contributed by atoms with Gasteiger partial charge >= 0.3 is 0 Å². The van der Waals surface area contributed by atoms with Crippen LogP contribution in [0.5, 0.6) is 0 Å². The van der Waals surface area contributed by atoms with Gasteiger partial charge in [-0.3, -0.25) is 0 Å². The molecule has 2 aromatic rings. The maximum atomic E-state index is 12.2. The molecule has 0 aliphatic carbocycles. The van der Waals surface area contributed by atoms with E-state index in [4.69, 9.17) is 12.2 Å². The lowest BCUT2D eigenvalue weighted by atomic mass is 10.2. The number of hydrogen-bond acceptors (Lipinski definition) is 2. The summed E-state index contributed by atoms with van der Waals surface area (Å²) in [4.78, 5) is 3.00. The molecule has 0 aliphatic rings. The molecule has 2 rings (SSSR count). The highest BCUT2D eigenvalue weighted by Gasteiger charge is 1.97. The van der Waals surface area contributed by atoms with Gasteiger partial charge in [0.15, 0.2) is 3.95 Å². The maximum absolute atomic E-state index is 12.2. The van der Waals surface area contributed by atoms with Crippen LogP contribution in [0, 0.1) is 3.95 Å². The van der Waals surface area contributed by atoms with E-state index in [0.717, 1.165) is 14.2 Å². The molecular formula is C8H6FNS2. The molecule has 0 aliphatic heterocycles. The Labute approximate surface area is 77.9 Å². The molecule has 0 saturated heterocycles. The smallest absolute Gasteiger partial charge is 0.159 e. The summed E-state index contributed by atoms with van der Waals surface area (Å²) >= 11 is 6.47. The number of halogens is 1. The van der Waals surface area contributed by atoms with Crippen molar-refractivity contribution in [2.24, 2.45) is 0 Å². The van der Waals surface area contributed by atoms with Gasteiger partial charge < -0.3 is 4.98 Å². The fourth-order valence-corrected chi connectivity index (χ4v) is 2.18. The van der Waals surface area contributed by atoms with E-state index >= 15 is 0 Å². The third kappa shape index (κ3) is 1.28. The number of hydrogen-bond donors (Lipinski definition) is 1. The van der Waals surface area contributed by atoms with Gasteiger partial charge in [-0.15, -0.1) is 11.3 Å². The van der Waals surface area contributed by atoms with Crippen molar-refractivity contribution in [3.05, 3.63) is 27.7 Å². The predicted molar refractivity (Wildman–Crippen MR) is 51.8 cm³/mol. The van der Waals surface area contributed by atoms with Crippen LogP contribution in [0.3, 0.4) is 0 Å². The lowest BCUT2D eigenvalue weighted by molar-refractivity contribution is 0.485. The summed E-state index contributed by atoms with van der Waals surface area (Å²) < 4.78 is 14.0. The zero-order valence-corrected chi connectivity index (χ0v) is 7.77. The third-order valence-corrected chi connectivity index (χ3v) is 2.85. The summed E-state index contributed by atoms with van der Waals surface area (Å²) in [6, 6.07) is 5.46. The molecular weight excluding hydrogens is 193 g/mol. The van der Waals surface area contributed by atoms with Crippen LogP contribution < -0.4 is 0 Å². The maximum Gasteiger partial charge on any atom is 0.159 e. The van der Waals surface area contributed by atoms with E-state index in [9.17, 15) is 4.39 Å². The van der Waals surface area contributed by atoms with Crippen LogP contribution in [-0.4, -0.2) is 4.98 Å². The van der Waals surface area contributed by atoms with Crippen molar-refractivity contribution in [1.29, 1.82) is 0 Å². The molecule has 1 heterocycles. The van der Waals surface area contributed by atoms with Crippen molar-refractivity contribution in [3.8, 4) is 0 Å². The van der Waals surface area contributed by atoms with Crippen molar-refractivity contribution in [3.63, 3.8) is 0 Å². The molecule has 0 atom stereocenters. The highest BCUT2D eigenvalue weighted by molar-refractivity contribution is 7.73. The molecule has 0 spiro atoms. The first-order valence-electron chi connectivity index (χ1n) is 3.47. The molecule has 0 unspecified atom stereocenters. The van der Waals surface area contributed by atoms with Gasteiger partial charge in [0, 0.05) is 0 Å². The van der Waals surface area contributed by atoms with Crippen LogP contribution in [0.4, 0.5) is 4.39 Å². The number of aromatic amines is 1. The van der Waals surface area contributed by atoms with Gasteiger partial charge in [-0.25, -0.2) is 4.39 Å². The van der Waals surface area contributed by atoms with Gasteiger partial charge in [-0.05, 0) is 29.9 Å². The second-order valence-electron chi connectivity index (χ2n) is 2.48.